The number of carbonyl (C=O) groups is 1. The second-order valence-electron chi connectivity index (χ2n) is 5.06. The minimum atomic E-state index is -0.315. The van der Waals surface area contributed by atoms with E-state index in [-0.39, 0.29) is 12.1 Å². The van der Waals surface area contributed by atoms with Gasteiger partial charge in [-0.05, 0) is 12.8 Å². The number of urea groups is 1. The van der Waals surface area contributed by atoms with E-state index in [1.54, 1.807) is 17.0 Å². The smallest absolute Gasteiger partial charge is 0.321 e. The average Bonchev–Trinajstić information content (AvgIpc) is 2.54. The minimum Gasteiger partial charge on any atom is -0.493 e. The van der Waals surface area contributed by atoms with Gasteiger partial charge in [0.15, 0.2) is 11.5 Å². The minimum absolute atomic E-state index is 0.207. The summed E-state index contributed by atoms with van der Waals surface area (Å²) in [5.41, 5.74) is 0.561. The lowest BCUT2D eigenvalue weighted by molar-refractivity contribution is 0.0972. The number of hydrogen-bond acceptors (Lipinski definition) is 5. The van der Waals surface area contributed by atoms with Crippen LogP contribution in [-0.2, 0) is 0 Å². The molecule has 22 heavy (non-hydrogen) atoms. The van der Waals surface area contributed by atoms with E-state index >= 15 is 0 Å². The highest BCUT2D eigenvalue weighted by atomic mass is 16.5. The van der Waals surface area contributed by atoms with Crippen LogP contribution in [0.1, 0.15) is 12.8 Å². The molecule has 2 amide bonds. The Bertz CT molecular complexity index is 502. The quantitative estimate of drug-likeness (QED) is 0.885. The molecule has 1 saturated heterocycles. The zero-order valence-electron chi connectivity index (χ0n) is 13.1. The molecule has 1 aromatic carbocycles. The number of aliphatic hydroxyl groups excluding tert-OH is 1. The van der Waals surface area contributed by atoms with Gasteiger partial charge in [0.2, 0.25) is 5.75 Å². The molecule has 0 spiro atoms. The molecule has 0 aromatic heterocycles. The maximum absolute atomic E-state index is 12.2. The maximum atomic E-state index is 12.2. The first kappa shape index (κ1) is 16.2. The summed E-state index contributed by atoms with van der Waals surface area (Å²) in [5, 5.41) is 12.3. The Morgan fingerprint density at radius 3 is 2.14 bits per heavy atom. The summed E-state index contributed by atoms with van der Waals surface area (Å²) in [7, 11) is 4.57. The van der Waals surface area contributed by atoms with Gasteiger partial charge < -0.3 is 29.5 Å². The topological polar surface area (TPSA) is 80.3 Å². The molecule has 0 bridgehead atoms. The number of amides is 2. The number of methoxy groups -OCH3 is 3. The number of benzene rings is 1. The average molecular weight is 310 g/mol. The van der Waals surface area contributed by atoms with Gasteiger partial charge in [0.25, 0.3) is 0 Å². The summed E-state index contributed by atoms with van der Waals surface area (Å²) < 4.78 is 15.8. The molecule has 1 heterocycles. The number of anilines is 1. The Morgan fingerprint density at radius 2 is 1.68 bits per heavy atom. The summed E-state index contributed by atoms with van der Waals surface area (Å²) >= 11 is 0. The number of hydrogen-bond donors (Lipinski definition) is 2. The van der Waals surface area contributed by atoms with Gasteiger partial charge in [-0.1, -0.05) is 0 Å². The van der Waals surface area contributed by atoms with Gasteiger partial charge in [-0.15, -0.1) is 0 Å². The molecule has 1 aromatic rings. The Balaban J connectivity index is 2.13. The fourth-order valence-electron chi connectivity index (χ4n) is 2.42. The molecule has 7 heteroatoms. The number of carbonyl (C=O) groups excluding carboxylic acids is 1. The molecular formula is C15H22N2O5. The molecule has 0 atom stereocenters. The fourth-order valence-corrected chi connectivity index (χ4v) is 2.42. The zero-order valence-corrected chi connectivity index (χ0v) is 13.1. The van der Waals surface area contributed by atoms with Crippen molar-refractivity contribution in [1.29, 1.82) is 0 Å². The van der Waals surface area contributed by atoms with Gasteiger partial charge in [0, 0.05) is 25.2 Å². The van der Waals surface area contributed by atoms with Gasteiger partial charge in [-0.3, -0.25) is 0 Å². The molecule has 0 unspecified atom stereocenters. The highest BCUT2D eigenvalue weighted by molar-refractivity contribution is 5.90. The first-order valence-corrected chi connectivity index (χ1v) is 7.13. The van der Waals surface area contributed by atoms with E-state index in [9.17, 15) is 9.90 Å². The number of ether oxygens (including phenoxy) is 3. The SMILES string of the molecule is COc1cc(NC(=O)N2CCC(O)CC2)cc(OC)c1OC. The summed E-state index contributed by atoms with van der Waals surface area (Å²) in [6, 6.07) is 3.15. The maximum Gasteiger partial charge on any atom is 0.321 e. The van der Waals surface area contributed by atoms with Crippen molar-refractivity contribution in [3.63, 3.8) is 0 Å². The van der Waals surface area contributed by atoms with Crippen molar-refractivity contribution in [3.05, 3.63) is 12.1 Å². The lowest BCUT2D eigenvalue weighted by atomic mass is 10.1. The van der Waals surface area contributed by atoms with Crippen molar-refractivity contribution in [3.8, 4) is 17.2 Å². The number of rotatable bonds is 4. The molecule has 1 fully saturated rings. The van der Waals surface area contributed by atoms with Gasteiger partial charge in [0.1, 0.15) is 0 Å². The van der Waals surface area contributed by atoms with Crippen LogP contribution in [0.4, 0.5) is 10.5 Å². The van der Waals surface area contributed by atoms with Crippen LogP contribution < -0.4 is 19.5 Å². The van der Waals surface area contributed by atoms with E-state index in [1.165, 1.54) is 21.3 Å². The molecule has 0 saturated carbocycles. The lowest BCUT2D eigenvalue weighted by Gasteiger charge is -2.29. The van der Waals surface area contributed by atoms with E-state index in [0.29, 0.717) is 48.9 Å². The third-order valence-electron chi connectivity index (χ3n) is 3.67. The molecule has 0 aliphatic carbocycles. The van der Waals surface area contributed by atoms with Gasteiger partial charge in [-0.25, -0.2) is 4.79 Å². The number of nitrogens with one attached hydrogen (secondary N) is 1. The predicted molar refractivity (Wildman–Crippen MR) is 81.9 cm³/mol. The van der Waals surface area contributed by atoms with E-state index in [0.717, 1.165) is 0 Å². The molecule has 0 radical (unpaired) electrons. The van der Waals surface area contributed by atoms with Crippen LogP contribution in [-0.4, -0.2) is 56.6 Å². The first-order valence-electron chi connectivity index (χ1n) is 7.13. The van der Waals surface area contributed by atoms with Crippen LogP contribution in [0.5, 0.6) is 17.2 Å². The van der Waals surface area contributed by atoms with Crippen LogP contribution >= 0.6 is 0 Å². The van der Waals surface area contributed by atoms with Gasteiger partial charge in [-0.2, -0.15) is 0 Å². The van der Waals surface area contributed by atoms with Crippen molar-refractivity contribution in [1.82, 2.24) is 4.90 Å². The van der Waals surface area contributed by atoms with E-state index < -0.39 is 0 Å². The number of likely N-dealkylation sites (tertiary alicyclic amines) is 1. The third-order valence-corrected chi connectivity index (χ3v) is 3.67. The predicted octanol–water partition coefficient (Wildman–Crippen LogP) is 1.70. The molecule has 1 aliphatic heterocycles. The molecular weight excluding hydrogens is 288 g/mol. The van der Waals surface area contributed by atoms with Crippen molar-refractivity contribution in [2.45, 2.75) is 18.9 Å². The molecule has 1 aliphatic rings. The monoisotopic (exact) mass is 310 g/mol. The van der Waals surface area contributed by atoms with E-state index in [2.05, 4.69) is 5.32 Å². The molecule has 122 valence electrons. The number of nitrogens with zero attached hydrogens (tertiary/aromatic N) is 1. The van der Waals surface area contributed by atoms with Crippen LogP contribution in [0.3, 0.4) is 0 Å². The Kier molecular flexibility index (Phi) is 5.32. The Hall–Kier alpha value is -2.15. The highest BCUT2D eigenvalue weighted by Gasteiger charge is 2.22. The van der Waals surface area contributed by atoms with Crippen molar-refractivity contribution in [2.24, 2.45) is 0 Å². The summed E-state index contributed by atoms with van der Waals surface area (Å²) in [6.07, 6.45) is 0.885. The van der Waals surface area contributed by atoms with Crippen LogP contribution in [0.2, 0.25) is 0 Å². The summed E-state index contributed by atoms with van der Waals surface area (Å²) in [6.45, 7) is 1.08. The van der Waals surface area contributed by atoms with Gasteiger partial charge in [0.05, 0.1) is 33.1 Å². The molecule has 2 N–H and O–H groups in total. The number of aliphatic hydroxyl groups is 1. The molecule has 2 rings (SSSR count). The highest BCUT2D eigenvalue weighted by Crippen LogP contribution is 2.40. The largest absolute Gasteiger partial charge is 0.493 e. The lowest BCUT2D eigenvalue weighted by Crippen LogP contribution is -2.42. The zero-order chi connectivity index (χ0) is 16.1. The summed E-state index contributed by atoms with van der Waals surface area (Å²) in [4.78, 5) is 13.9. The standard InChI is InChI=1S/C15H22N2O5/c1-20-12-8-10(9-13(21-2)14(12)22-3)16-15(19)17-6-4-11(18)5-7-17/h8-9,11,18H,4-7H2,1-3H3,(H,16,19). The normalized spacial score (nSPS) is 15.4. The second kappa shape index (κ2) is 7.22. The van der Waals surface area contributed by atoms with Crippen molar-refractivity contribution < 1.29 is 24.1 Å². The van der Waals surface area contributed by atoms with Crippen molar-refractivity contribution in [2.75, 3.05) is 39.7 Å². The fraction of sp³-hybridized carbons (Fsp3) is 0.533. The van der Waals surface area contributed by atoms with Crippen molar-refractivity contribution >= 4 is 11.7 Å². The first-order chi connectivity index (χ1) is 10.6. The Labute approximate surface area is 129 Å². The van der Waals surface area contributed by atoms with E-state index in [4.69, 9.17) is 14.2 Å². The van der Waals surface area contributed by atoms with Gasteiger partial charge >= 0.3 is 6.03 Å². The Morgan fingerprint density at radius 1 is 1.14 bits per heavy atom. The van der Waals surface area contributed by atoms with E-state index in [1.807, 2.05) is 0 Å². The molecule has 7 nitrogen and oxygen atoms in total. The third kappa shape index (κ3) is 3.54. The van der Waals surface area contributed by atoms with Crippen LogP contribution in [0.25, 0.3) is 0 Å². The van der Waals surface area contributed by atoms with Crippen LogP contribution in [0.15, 0.2) is 12.1 Å². The second-order valence-corrected chi connectivity index (χ2v) is 5.06. The number of piperidine rings is 1. The van der Waals surface area contributed by atoms with Crippen LogP contribution in [0, 0.1) is 0 Å². The summed E-state index contributed by atoms with van der Waals surface area (Å²) in [5.74, 6) is 1.43.